The van der Waals surface area contributed by atoms with E-state index in [1.807, 2.05) is 31.2 Å². The van der Waals surface area contributed by atoms with Crippen LogP contribution in [0.25, 0.3) is 0 Å². The van der Waals surface area contributed by atoms with Crippen molar-refractivity contribution in [3.63, 3.8) is 0 Å². The number of nitrogens with zero attached hydrogens (tertiary/aromatic N) is 1. The highest BCUT2D eigenvalue weighted by molar-refractivity contribution is 9.10. The summed E-state index contributed by atoms with van der Waals surface area (Å²) in [6.07, 6.45) is 1.38. The molecule has 0 aliphatic rings. The molecule has 0 aliphatic carbocycles. The molecule has 0 saturated heterocycles. The molecule has 3 N–H and O–H groups in total. The minimum atomic E-state index is -0.276. The number of nitrogen functional groups attached to an aromatic ring is 1. The molecule has 0 aliphatic heterocycles. The lowest BCUT2D eigenvalue weighted by Gasteiger charge is -2.15. The molecule has 1 amide bonds. The molecule has 1 aromatic heterocycles. The first-order chi connectivity index (χ1) is 9.47. The number of rotatable bonds is 3. The summed E-state index contributed by atoms with van der Waals surface area (Å²) in [5.74, 6) is -0.276. The van der Waals surface area contributed by atoms with Gasteiger partial charge in [-0.05, 0) is 30.7 Å². The van der Waals surface area contributed by atoms with E-state index < -0.39 is 0 Å². The molecule has 2 aromatic rings. The number of pyridine rings is 1. The number of halogens is 2. The molecule has 1 aromatic carbocycles. The molecule has 20 heavy (non-hydrogen) atoms. The van der Waals surface area contributed by atoms with Crippen molar-refractivity contribution in [3.8, 4) is 0 Å². The van der Waals surface area contributed by atoms with Crippen molar-refractivity contribution in [2.45, 2.75) is 13.0 Å². The molecule has 2 rings (SSSR count). The highest BCUT2D eigenvalue weighted by Crippen LogP contribution is 2.19. The maximum atomic E-state index is 12.2. The van der Waals surface area contributed by atoms with E-state index in [4.69, 9.17) is 17.3 Å². The van der Waals surface area contributed by atoms with Crippen LogP contribution in [0.3, 0.4) is 0 Å². The Bertz CT molecular complexity index is 631. The molecule has 0 fully saturated rings. The summed E-state index contributed by atoms with van der Waals surface area (Å²) in [5.41, 5.74) is 7.37. The highest BCUT2D eigenvalue weighted by atomic mass is 79.9. The van der Waals surface area contributed by atoms with Gasteiger partial charge in [0, 0.05) is 4.47 Å². The van der Waals surface area contributed by atoms with Crippen LogP contribution in [-0.4, -0.2) is 10.9 Å². The number of hydrogen-bond acceptors (Lipinski definition) is 3. The second kappa shape index (κ2) is 6.24. The number of nitrogens with one attached hydrogen (secondary N) is 1. The van der Waals surface area contributed by atoms with Gasteiger partial charge < -0.3 is 11.1 Å². The Balaban J connectivity index is 2.15. The molecule has 0 radical (unpaired) electrons. The normalized spacial score (nSPS) is 11.9. The number of carbonyl (C=O) groups excluding carboxylic acids is 1. The fourth-order valence-corrected chi connectivity index (χ4v) is 2.17. The number of benzene rings is 1. The van der Waals surface area contributed by atoms with Crippen LogP contribution < -0.4 is 11.1 Å². The van der Waals surface area contributed by atoms with E-state index in [0.29, 0.717) is 11.3 Å². The predicted molar refractivity (Wildman–Crippen MR) is 83.7 cm³/mol. The molecule has 1 atom stereocenters. The van der Waals surface area contributed by atoms with E-state index in [1.54, 1.807) is 0 Å². The van der Waals surface area contributed by atoms with Gasteiger partial charge in [0.2, 0.25) is 0 Å². The molecule has 104 valence electrons. The molecule has 4 nitrogen and oxygen atoms in total. The number of carbonyl (C=O) groups is 1. The zero-order valence-electron chi connectivity index (χ0n) is 10.7. The second-order valence-electron chi connectivity index (χ2n) is 4.34. The number of hydrogen-bond donors (Lipinski definition) is 2. The van der Waals surface area contributed by atoms with Gasteiger partial charge in [0.1, 0.15) is 5.15 Å². The summed E-state index contributed by atoms with van der Waals surface area (Å²) in [6, 6.07) is 9.06. The van der Waals surface area contributed by atoms with Gasteiger partial charge in [-0.25, -0.2) is 4.98 Å². The Labute approximate surface area is 130 Å². The van der Waals surface area contributed by atoms with E-state index in [-0.39, 0.29) is 17.1 Å². The lowest BCUT2D eigenvalue weighted by Crippen LogP contribution is -2.27. The summed E-state index contributed by atoms with van der Waals surface area (Å²) in [7, 11) is 0. The Hall–Kier alpha value is -1.59. The SMILES string of the molecule is C[C@@H](NC(=O)c1cc(Cl)ncc1N)c1ccc(Br)cc1. The lowest BCUT2D eigenvalue weighted by molar-refractivity contribution is 0.0940. The van der Waals surface area contributed by atoms with E-state index >= 15 is 0 Å². The minimum Gasteiger partial charge on any atom is -0.397 e. The van der Waals surface area contributed by atoms with Gasteiger partial charge in [-0.3, -0.25) is 4.79 Å². The van der Waals surface area contributed by atoms with Crippen LogP contribution in [0.5, 0.6) is 0 Å². The minimum absolute atomic E-state index is 0.137. The summed E-state index contributed by atoms with van der Waals surface area (Å²) in [4.78, 5) is 16.0. The van der Waals surface area contributed by atoms with Crippen LogP contribution >= 0.6 is 27.5 Å². The molecule has 0 saturated carbocycles. The second-order valence-corrected chi connectivity index (χ2v) is 5.64. The van der Waals surface area contributed by atoms with E-state index in [1.165, 1.54) is 12.3 Å². The van der Waals surface area contributed by atoms with Gasteiger partial charge in [0.05, 0.1) is 23.5 Å². The molecule has 0 unspecified atom stereocenters. The average molecular weight is 355 g/mol. The van der Waals surface area contributed by atoms with Gasteiger partial charge in [-0.1, -0.05) is 39.7 Å². The Morgan fingerprint density at radius 1 is 1.40 bits per heavy atom. The summed E-state index contributed by atoms with van der Waals surface area (Å²) >= 11 is 9.15. The maximum Gasteiger partial charge on any atom is 0.254 e. The molecule has 1 heterocycles. The van der Waals surface area contributed by atoms with Crippen molar-refractivity contribution < 1.29 is 4.79 Å². The van der Waals surface area contributed by atoms with Crippen LogP contribution in [0, 0.1) is 0 Å². The van der Waals surface area contributed by atoms with Gasteiger partial charge in [0.15, 0.2) is 0 Å². The summed E-state index contributed by atoms with van der Waals surface area (Å²) in [6.45, 7) is 1.90. The van der Waals surface area contributed by atoms with Crippen LogP contribution in [0.4, 0.5) is 5.69 Å². The van der Waals surface area contributed by atoms with Crippen molar-refractivity contribution >= 4 is 39.1 Å². The Morgan fingerprint density at radius 2 is 2.05 bits per heavy atom. The first kappa shape index (κ1) is 14.8. The molecule has 0 bridgehead atoms. The number of amides is 1. The van der Waals surface area contributed by atoms with Crippen LogP contribution in [-0.2, 0) is 0 Å². The van der Waals surface area contributed by atoms with E-state index in [2.05, 4.69) is 26.2 Å². The van der Waals surface area contributed by atoms with Crippen molar-refractivity contribution in [1.82, 2.24) is 10.3 Å². The average Bonchev–Trinajstić information content (AvgIpc) is 2.42. The maximum absolute atomic E-state index is 12.2. The van der Waals surface area contributed by atoms with Crippen molar-refractivity contribution in [2.24, 2.45) is 0 Å². The highest BCUT2D eigenvalue weighted by Gasteiger charge is 2.14. The fourth-order valence-electron chi connectivity index (χ4n) is 1.75. The molecular formula is C14H13BrClN3O. The van der Waals surface area contributed by atoms with Crippen molar-refractivity contribution in [3.05, 3.63) is 57.3 Å². The van der Waals surface area contributed by atoms with E-state index in [9.17, 15) is 4.79 Å². The monoisotopic (exact) mass is 353 g/mol. The zero-order chi connectivity index (χ0) is 14.7. The molecular weight excluding hydrogens is 342 g/mol. The summed E-state index contributed by atoms with van der Waals surface area (Å²) < 4.78 is 0.991. The van der Waals surface area contributed by atoms with Crippen molar-refractivity contribution in [2.75, 3.05) is 5.73 Å². The van der Waals surface area contributed by atoms with Gasteiger partial charge in [0.25, 0.3) is 5.91 Å². The largest absolute Gasteiger partial charge is 0.397 e. The number of aromatic nitrogens is 1. The molecule has 0 spiro atoms. The van der Waals surface area contributed by atoms with Crippen LogP contribution in [0.1, 0.15) is 28.9 Å². The number of anilines is 1. The van der Waals surface area contributed by atoms with Crippen LogP contribution in [0.15, 0.2) is 41.0 Å². The van der Waals surface area contributed by atoms with Crippen molar-refractivity contribution in [1.29, 1.82) is 0 Å². The Morgan fingerprint density at radius 3 is 2.70 bits per heavy atom. The van der Waals surface area contributed by atoms with Gasteiger partial charge in [-0.15, -0.1) is 0 Å². The smallest absolute Gasteiger partial charge is 0.254 e. The quantitative estimate of drug-likeness (QED) is 0.828. The predicted octanol–water partition coefficient (Wildman–Crippen LogP) is 3.57. The summed E-state index contributed by atoms with van der Waals surface area (Å²) in [5, 5.41) is 3.12. The number of nitrogens with two attached hydrogens (primary N) is 1. The standard InChI is InChI=1S/C14H13BrClN3O/c1-8(9-2-4-10(15)5-3-9)19-14(20)11-6-13(16)18-7-12(11)17/h2-8H,17H2,1H3,(H,19,20)/t8-/m1/s1. The van der Waals surface area contributed by atoms with Gasteiger partial charge in [-0.2, -0.15) is 0 Å². The fraction of sp³-hybridized carbons (Fsp3) is 0.143. The topological polar surface area (TPSA) is 68.0 Å². The van der Waals surface area contributed by atoms with Crippen LogP contribution in [0.2, 0.25) is 5.15 Å². The third-order valence-electron chi connectivity index (χ3n) is 2.86. The van der Waals surface area contributed by atoms with Gasteiger partial charge >= 0.3 is 0 Å². The van der Waals surface area contributed by atoms with E-state index in [0.717, 1.165) is 10.0 Å². The third kappa shape index (κ3) is 3.49. The Kier molecular flexibility index (Phi) is 4.62. The first-order valence-electron chi connectivity index (χ1n) is 5.94. The zero-order valence-corrected chi connectivity index (χ0v) is 13.1. The molecule has 6 heteroatoms. The third-order valence-corrected chi connectivity index (χ3v) is 3.60. The lowest BCUT2D eigenvalue weighted by atomic mass is 10.1. The first-order valence-corrected chi connectivity index (χ1v) is 7.12.